The maximum atomic E-state index is 14.4. The molecule has 3 aromatic rings. The Morgan fingerprint density at radius 1 is 1.18 bits per heavy atom. The van der Waals surface area contributed by atoms with E-state index in [0.29, 0.717) is 29.3 Å². The SMILES string of the molecule is CNC(=O)c1cn(CC(F)CCc2ccc(NC(=O)Cc3cc(OC4CC(F)(F)C4)cc(C)n3)nn2)nn1. The third-order valence-electron chi connectivity index (χ3n) is 5.76. The second-order valence-corrected chi connectivity index (χ2v) is 9.12. The molecule has 0 aliphatic heterocycles. The number of alkyl halides is 3. The molecule has 3 heterocycles. The van der Waals surface area contributed by atoms with Gasteiger partial charge in [0.2, 0.25) is 5.91 Å². The van der Waals surface area contributed by atoms with Crippen molar-refractivity contribution in [1.82, 2.24) is 35.5 Å². The van der Waals surface area contributed by atoms with Crippen LogP contribution in [0.15, 0.2) is 30.5 Å². The van der Waals surface area contributed by atoms with Crippen molar-refractivity contribution in [2.24, 2.45) is 0 Å². The molecule has 2 amide bonds. The topological polar surface area (TPSA) is 137 Å². The molecule has 1 unspecified atom stereocenters. The van der Waals surface area contributed by atoms with E-state index in [1.807, 2.05) is 0 Å². The molecule has 0 radical (unpaired) electrons. The summed E-state index contributed by atoms with van der Waals surface area (Å²) in [5.74, 6) is -2.86. The number of aryl methyl sites for hydroxylation is 2. The van der Waals surface area contributed by atoms with Crippen LogP contribution >= 0.6 is 0 Å². The second-order valence-electron chi connectivity index (χ2n) is 9.12. The fourth-order valence-electron chi connectivity index (χ4n) is 3.87. The van der Waals surface area contributed by atoms with Gasteiger partial charge in [0.05, 0.1) is 30.6 Å². The van der Waals surface area contributed by atoms with Crippen LogP contribution in [0.5, 0.6) is 5.75 Å². The number of nitrogens with one attached hydrogen (secondary N) is 2. The van der Waals surface area contributed by atoms with Crippen LogP contribution in [0, 0.1) is 6.92 Å². The number of hydrogen-bond acceptors (Lipinski definition) is 8. The summed E-state index contributed by atoms with van der Waals surface area (Å²) in [7, 11) is 1.47. The number of anilines is 1. The van der Waals surface area contributed by atoms with E-state index >= 15 is 0 Å². The van der Waals surface area contributed by atoms with Crippen LogP contribution in [-0.2, 0) is 24.2 Å². The van der Waals surface area contributed by atoms with Crippen molar-refractivity contribution >= 4 is 17.6 Å². The van der Waals surface area contributed by atoms with E-state index in [1.54, 1.807) is 31.2 Å². The van der Waals surface area contributed by atoms with Crippen LogP contribution in [0.3, 0.4) is 0 Å². The number of nitrogens with zero attached hydrogens (tertiary/aromatic N) is 6. The number of rotatable bonds is 11. The molecule has 3 aromatic heterocycles. The number of carbonyl (C=O) groups is 2. The van der Waals surface area contributed by atoms with Crippen LogP contribution in [0.4, 0.5) is 19.0 Å². The first kappa shape index (κ1) is 26.9. The molecule has 1 aliphatic rings. The highest BCUT2D eigenvalue weighted by atomic mass is 19.3. The van der Waals surface area contributed by atoms with E-state index in [0.717, 1.165) is 0 Å². The lowest BCUT2D eigenvalue weighted by molar-refractivity contribution is -0.134. The highest BCUT2D eigenvalue weighted by Crippen LogP contribution is 2.39. The molecule has 0 saturated heterocycles. The van der Waals surface area contributed by atoms with Gasteiger partial charge in [-0.05, 0) is 31.9 Å². The summed E-state index contributed by atoms with van der Waals surface area (Å²) in [5, 5.41) is 20.5. The highest BCUT2D eigenvalue weighted by Gasteiger charge is 2.47. The van der Waals surface area contributed by atoms with Gasteiger partial charge in [-0.1, -0.05) is 5.21 Å². The number of halogens is 3. The number of hydrogen-bond donors (Lipinski definition) is 2. The van der Waals surface area contributed by atoms with Gasteiger partial charge in [0, 0.05) is 37.7 Å². The number of carbonyl (C=O) groups excluding carboxylic acids is 2. The standard InChI is InChI=1S/C24H27F3N8O3/c1-14-7-18(38-19-10-24(26,27)11-19)8-17(29-14)9-22(36)30-21-6-5-16(31-33-21)4-3-15(25)12-35-13-20(32-34-35)23(37)28-2/h5-8,13,15,19H,3-4,9-12H2,1-2H3,(H,28,37)(H,30,33,36). The first-order valence-electron chi connectivity index (χ1n) is 12.0. The molecule has 2 N–H and O–H groups in total. The lowest BCUT2D eigenvalue weighted by Crippen LogP contribution is -2.43. The number of ether oxygens (including phenoxy) is 1. The molecule has 0 spiro atoms. The fourth-order valence-corrected chi connectivity index (χ4v) is 3.87. The molecular weight excluding hydrogens is 505 g/mol. The Bertz CT molecular complexity index is 1280. The molecule has 1 fully saturated rings. The number of pyridine rings is 1. The van der Waals surface area contributed by atoms with E-state index in [1.165, 1.54) is 17.9 Å². The molecule has 0 bridgehead atoms. The largest absolute Gasteiger partial charge is 0.490 e. The number of amides is 2. The maximum Gasteiger partial charge on any atom is 0.273 e. The summed E-state index contributed by atoms with van der Waals surface area (Å²) in [6.07, 6.45) is -0.695. The van der Waals surface area contributed by atoms with Crippen molar-refractivity contribution < 1.29 is 27.5 Å². The predicted molar refractivity (Wildman–Crippen MR) is 129 cm³/mol. The van der Waals surface area contributed by atoms with Crippen molar-refractivity contribution in [3.05, 3.63) is 53.2 Å². The Morgan fingerprint density at radius 2 is 1.97 bits per heavy atom. The normalized spacial score (nSPS) is 15.4. The quantitative estimate of drug-likeness (QED) is 0.384. The van der Waals surface area contributed by atoms with Crippen molar-refractivity contribution in [1.29, 1.82) is 0 Å². The number of aromatic nitrogens is 6. The lowest BCUT2D eigenvalue weighted by atomic mass is 9.91. The minimum atomic E-state index is -2.68. The Kier molecular flexibility index (Phi) is 8.17. The Labute approximate surface area is 216 Å². The van der Waals surface area contributed by atoms with E-state index in [4.69, 9.17) is 4.74 Å². The van der Waals surface area contributed by atoms with Gasteiger partial charge in [-0.25, -0.2) is 17.9 Å². The molecular formula is C24H27F3N8O3. The molecule has 1 atom stereocenters. The van der Waals surface area contributed by atoms with E-state index < -0.39 is 24.1 Å². The van der Waals surface area contributed by atoms with Crippen molar-refractivity contribution in [3.8, 4) is 5.75 Å². The second kappa shape index (κ2) is 11.5. The monoisotopic (exact) mass is 532 g/mol. The van der Waals surface area contributed by atoms with Gasteiger partial charge in [-0.2, -0.15) is 5.10 Å². The Balaban J connectivity index is 1.23. The van der Waals surface area contributed by atoms with Gasteiger partial charge in [0.1, 0.15) is 18.0 Å². The molecule has 11 nitrogen and oxygen atoms in total. The molecule has 1 saturated carbocycles. The van der Waals surface area contributed by atoms with Crippen LogP contribution in [0.1, 0.15) is 46.8 Å². The van der Waals surface area contributed by atoms with Gasteiger partial charge >= 0.3 is 0 Å². The van der Waals surface area contributed by atoms with Gasteiger partial charge < -0.3 is 15.4 Å². The van der Waals surface area contributed by atoms with Crippen molar-refractivity contribution in [2.45, 2.75) is 63.8 Å². The van der Waals surface area contributed by atoms with Crippen LogP contribution in [0.25, 0.3) is 0 Å². The predicted octanol–water partition coefficient (Wildman–Crippen LogP) is 2.46. The molecule has 14 heteroatoms. The van der Waals surface area contributed by atoms with E-state index in [-0.39, 0.29) is 49.6 Å². The Hall–Kier alpha value is -4.10. The zero-order valence-electron chi connectivity index (χ0n) is 20.8. The van der Waals surface area contributed by atoms with Crippen LogP contribution < -0.4 is 15.4 Å². The summed E-state index contributed by atoms with van der Waals surface area (Å²) in [4.78, 5) is 28.3. The molecule has 4 rings (SSSR count). The van der Waals surface area contributed by atoms with Crippen LogP contribution in [0.2, 0.25) is 0 Å². The summed E-state index contributed by atoms with van der Waals surface area (Å²) < 4.78 is 47.3. The first-order valence-corrected chi connectivity index (χ1v) is 12.0. The average Bonchev–Trinajstić information content (AvgIpc) is 3.30. The van der Waals surface area contributed by atoms with Crippen molar-refractivity contribution in [2.75, 3.05) is 12.4 Å². The Morgan fingerprint density at radius 3 is 2.66 bits per heavy atom. The average molecular weight is 533 g/mol. The van der Waals surface area contributed by atoms with Crippen LogP contribution in [-0.4, -0.2) is 67.2 Å². The highest BCUT2D eigenvalue weighted by molar-refractivity contribution is 5.91. The summed E-state index contributed by atoms with van der Waals surface area (Å²) in [5.41, 5.74) is 1.68. The maximum absolute atomic E-state index is 14.4. The molecule has 1 aliphatic carbocycles. The van der Waals surface area contributed by atoms with Gasteiger partial charge in [-0.15, -0.1) is 10.2 Å². The minimum absolute atomic E-state index is 0.0571. The van der Waals surface area contributed by atoms with E-state index in [2.05, 4.69) is 36.1 Å². The summed E-state index contributed by atoms with van der Waals surface area (Å²) in [6.45, 7) is 1.67. The van der Waals surface area contributed by atoms with Gasteiger partial charge in [0.15, 0.2) is 11.5 Å². The fraction of sp³-hybridized carbons (Fsp3) is 0.458. The molecule has 0 aromatic carbocycles. The zero-order chi connectivity index (χ0) is 27.3. The van der Waals surface area contributed by atoms with E-state index in [9.17, 15) is 22.8 Å². The van der Waals surface area contributed by atoms with Gasteiger partial charge in [-0.3, -0.25) is 14.6 Å². The smallest absolute Gasteiger partial charge is 0.273 e. The molecule has 38 heavy (non-hydrogen) atoms. The summed E-state index contributed by atoms with van der Waals surface area (Å²) >= 11 is 0. The summed E-state index contributed by atoms with van der Waals surface area (Å²) in [6, 6.07) is 6.40. The minimum Gasteiger partial charge on any atom is -0.490 e. The third kappa shape index (κ3) is 7.46. The van der Waals surface area contributed by atoms with Crippen molar-refractivity contribution in [3.63, 3.8) is 0 Å². The first-order chi connectivity index (χ1) is 18.1. The molecule has 202 valence electrons. The third-order valence-corrected chi connectivity index (χ3v) is 5.76. The lowest BCUT2D eigenvalue weighted by Gasteiger charge is -2.34. The van der Waals surface area contributed by atoms with Gasteiger partial charge in [0.25, 0.3) is 11.8 Å². The zero-order valence-corrected chi connectivity index (χ0v) is 20.8.